The van der Waals surface area contributed by atoms with Crippen LogP contribution in [0.2, 0.25) is 10.0 Å². The van der Waals surface area contributed by atoms with Gasteiger partial charge in [0.15, 0.2) is 0 Å². The minimum Gasteiger partial charge on any atom is -0.352 e. The van der Waals surface area contributed by atoms with E-state index < -0.39 is 0 Å². The largest absolute Gasteiger partial charge is 0.352 e. The molecule has 1 aromatic carbocycles. The van der Waals surface area contributed by atoms with Crippen LogP contribution in [0.15, 0.2) is 36.5 Å². The highest BCUT2D eigenvalue weighted by Crippen LogP contribution is 2.32. The number of aromatic nitrogens is 1. The van der Waals surface area contributed by atoms with Crippen LogP contribution < -0.4 is 10.6 Å². The number of benzene rings is 1. The summed E-state index contributed by atoms with van der Waals surface area (Å²) in [7, 11) is 0. The molecule has 0 aliphatic carbocycles. The highest BCUT2D eigenvalue weighted by atomic mass is 35.5. The van der Waals surface area contributed by atoms with Crippen molar-refractivity contribution in [2.75, 3.05) is 11.9 Å². The molecule has 0 bridgehead atoms. The summed E-state index contributed by atoms with van der Waals surface area (Å²) in [6, 6.07) is 8.58. The van der Waals surface area contributed by atoms with Gasteiger partial charge in [-0.15, -0.1) is 0 Å². The zero-order valence-corrected chi connectivity index (χ0v) is 14.6. The molecule has 1 heterocycles. The molecular weight excluding hydrogens is 333 g/mol. The van der Waals surface area contributed by atoms with Crippen LogP contribution in [0.4, 0.5) is 11.5 Å². The third-order valence-electron chi connectivity index (χ3n) is 3.25. The van der Waals surface area contributed by atoms with Crippen LogP contribution in [-0.4, -0.2) is 17.4 Å². The van der Waals surface area contributed by atoms with E-state index in [1.54, 1.807) is 36.5 Å². The number of hydrogen-bond donors (Lipinski definition) is 2. The molecule has 6 heteroatoms. The molecule has 2 aromatic rings. The molecule has 0 spiro atoms. The molecule has 2 N–H and O–H groups in total. The molecule has 0 saturated heterocycles. The molecule has 2 rings (SSSR count). The average molecular weight is 352 g/mol. The Morgan fingerprint density at radius 1 is 1.22 bits per heavy atom. The van der Waals surface area contributed by atoms with Crippen molar-refractivity contribution in [1.82, 2.24) is 10.3 Å². The van der Waals surface area contributed by atoms with E-state index in [0.717, 1.165) is 6.42 Å². The Hall–Kier alpha value is -1.78. The van der Waals surface area contributed by atoms with Crippen molar-refractivity contribution in [3.05, 3.63) is 52.1 Å². The van der Waals surface area contributed by atoms with Gasteiger partial charge in [-0.05, 0) is 36.6 Å². The summed E-state index contributed by atoms with van der Waals surface area (Å²) in [5.74, 6) is 0.935. The lowest BCUT2D eigenvalue weighted by atomic mass is 10.1. The van der Waals surface area contributed by atoms with Crippen molar-refractivity contribution < 1.29 is 4.79 Å². The summed E-state index contributed by atoms with van der Waals surface area (Å²) >= 11 is 12.3. The van der Waals surface area contributed by atoms with Crippen LogP contribution in [-0.2, 0) is 0 Å². The normalized spacial score (nSPS) is 10.7. The summed E-state index contributed by atoms with van der Waals surface area (Å²) < 4.78 is 0. The first-order valence-corrected chi connectivity index (χ1v) is 8.18. The summed E-state index contributed by atoms with van der Waals surface area (Å²) in [5, 5.41) is 6.94. The van der Waals surface area contributed by atoms with Crippen molar-refractivity contribution in [3.63, 3.8) is 0 Å². The van der Waals surface area contributed by atoms with E-state index in [4.69, 9.17) is 23.2 Å². The Morgan fingerprint density at radius 3 is 2.57 bits per heavy atom. The molecule has 23 heavy (non-hydrogen) atoms. The van der Waals surface area contributed by atoms with Crippen molar-refractivity contribution in [3.8, 4) is 0 Å². The number of hydrogen-bond acceptors (Lipinski definition) is 3. The molecule has 0 aliphatic heterocycles. The van der Waals surface area contributed by atoms with Gasteiger partial charge in [0.2, 0.25) is 0 Å². The molecule has 0 fully saturated rings. The Kier molecular flexibility index (Phi) is 6.25. The van der Waals surface area contributed by atoms with Gasteiger partial charge in [0.05, 0.1) is 15.7 Å². The third kappa shape index (κ3) is 5.12. The van der Waals surface area contributed by atoms with Crippen LogP contribution in [0.3, 0.4) is 0 Å². The zero-order valence-electron chi connectivity index (χ0n) is 13.1. The number of carbonyl (C=O) groups excluding carboxylic acids is 1. The van der Waals surface area contributed by atoms with E-state index in [1.807, 2.05) is 0 Å². The summed E-state index contributed by atoms with van der Waals surface area (Å²) in [6.45, 7) is 4.89. The van der Waals surface area contributed by atoms with Crippen LogP contribution >= 0.6 is 23.2 Å². The van der Waals surface area contributed by atoms with Crippen molar-refractivity contribution in [1.29, 1.82) is 0 Å². The topological polar surface area (TPSA) is 54.0 Å². The summed E-state index contributed by atoms with van der Waals surface area (Å²) in [6.07, 6.45) is 2.52. The highest BCUT2D eigenvalue weighted by Gasteiger charge is 2.10. The second-order valence-corrected chi connectivity index (χ2v) is 6.40. The Morgan fingerprint density at radius 2 is 1.91 bits per heavy atom. The average Bonchev–Trinajstić information content (AvgIpc) is 2.51. The second kappa shape index (κ2) is 8.18. The lowest BCUT2D eigenvalue weighted by Gasteiger charge is -2.11. The number of nitrogens with one attached hydrogen (secondary N) is 2. The maximum Gasteiger partial charge on any atom is 0.251 e. The smallest absolute Gasteiger partial charge is 0.251 e. The molecule has 1 aromatic heterocycles. The SMILES string of the molecule is CC(C)CCNC(=O)c1ccnc(Nc2c(Cl)cccc2Cl)c1. The van der Waals surface area contributed by atoms with E-state index >= 15 is 0 Å². The van der Waals surface area contributed by atoms with Crippen LogP contribution in [0.1, 0.15) is 30.6 Å². The van der Waals surface area contributed by atoms with Gasteiger partial charge in [-0.2, -0.15) is 0 Å². The van der Waals surface area contributed by atoms with Gasteiger partial charge in [-0.25, -0.2) is 4.98 Å². The van der Waals surface area contributed by atoms with E-state index in [1.165, 1.54) is 0 Å². The lowest BCUT2D eigenvalue weighted by Crippen LogP contribution is -2.25. The molecule has 1 amide bonds. The first kappa shape index (κ1) is 17.6. The highest BCUT2D eigenvalue weighted by molar-refractivity contribution is 6.39. The summed E-state index contributed by atoms with van der Waals surface area (Å²) in [4.78, 5) is 16.3. The Labute approximate surface area is 146 Å². The quantitative estimate of drug-likeness (QED) is 0.777. The van der Waals surface area contributed by atoms with Gasteiger partial charge < -0.3 is 10.6 Å². The van der Waals surface area contributed by atoms with E-state index in [9.17, 15) is 4.79 Å². The number of anilines is 2. The monoisotopic (exact) mass is 351 g/mol. The fraction of sp³-hybridized carbons (Fsp3) is 0.294. The van der Waals surface area contributed by atoms with Gasteiger partial charge in [0.25, 0.3) is 5.91 Å². The van der Waals surface area contributed by atoms with Crippen LogP contribution in [0.5, 0.6) is 0 Å². The first-order valence-electron chi connectivity index (χ1n) is 7.42. The number of carbonyl (C=O) groups is 1. The number of para-hydroxylation sites is 1. The number of halogens is 2. The number of nitrogens with zero attached hydrogens (tertiary/aromatic N) is 1. The standard InChI is InChI=1S/C17H19Cl2N3O/c1-11(2)6-8-21-17(23)12-7-9-20-15(10-12)22-16-13(18)4-3-5-14(16)19/h3-5,7,9-11H,6,8H2,1-2H3,(H,20,22)(H,21,23). The van der Waals surface area contributed by atoms with Gasteiger partial charge in [0.1, 0.15) is 5.82 Å². The van der Waals surface area contributed by atoms with Gasteiger partial charge >= 0.3 is 0 Å². The number of pyridine rings is 1. The lowest BCUT2D eigenvalue weighted by molar-refractivity contribution is 0.0952. The van der Waals surface area contributed by atoms with Gasteiger partial charge in [0, 0.05) is 18.3 Å². The fourth-order valence-corrected chi connectivity index (χ4v) is 2.45. The van der Waals surface area contributed by atoms with E-state index in [-0.39, 0.29) is 5.91 Å². The van der Waals surface area contributed by atoms with Crippen molar-refractivity contribution >= 4 is 40.6 Å². The fourth-order valence-electron chi connectivity index (χ4n) is 1.96. The molecule has 4 nitrogen and oxygen atoms in total. The van der Waals surface area contributed by atoms with Crippen molar-refractivity contribution in [2.24, 2.45) is 5.92 Å². The molecule has 0 radical (unpaired) electrons. The minimum absolute atomic E-state index is 0.124. The first-order chi connectivity index (χ1) is 11.0. The molecule has 0 saturated carbocycles. The van der Waals surface area contributed by atoms with E-state index in [0.29, 0.717) is 39.6 Å². The summed E-state index contributed by atoms with van der Waals surface area (Å²) in [5.41, 5.74) is 1.11. The Bertz CT molecular complexity index is 669. The predicted molar refractivity (Wildman–Crippen MR) is 95.8 cm³/mol. The van der Waals surface area contributed by atoms with E-state index in [2.05, 4.69) is 29.5 Å². The molecule has 0 unspecified atom stereocenters. The maximum atomic E-state index is 12.1. The zero-order chi connectivity index (χ0) is 16.8. The van der Waals surface area contributed by atoms with Crippen LogP contribution in [0, 0.1) is 5.92 Å². The van der Waals surface area contributed by atoms with Gasteiger partial charge in [-0.3, -0.25) is 4.79 Å². The molecule has 0 atom stereocenters. The van der Waals surface area contributed by atoms with Crippen molar-refractivity contribution in [2.45, 2.75) is 20.3 Å². The number of amides is 1. The minimum atomic E-state index is -0.124. The van der Waals surface area contributed by atoms with Gasteiger partial charge in [-0.1, -0.05) is 43.1 Å². The van der Waals surface area contributed by atoms with Crippen LogP contribution in [0.25, 0.3) is 0 Å². The molecule has 0 aliphatic rings. The Balaban J connectivity index is 2.09. The second-order valence-electron chi connectivity index (χ2n) is 5.59. The molecular formula is C17H19Cl2N3O. The molecule has 122 valence electrons. The predicted octanol–water partition coefficient (Wildman–Crippen LogP) is 4.91. The maximum absolute atomic E-state index is 12.1. The third-order valence-corrected chi connectivity index (χ3v) is 3.88. The number of rotatable bonds is 6.